The van der Waals surface area contributed by atoms with Gasteiger partial charge in [0.1, 0.15) is 5.82 Å². The summed E-state index contributed by atoms with van der Waals surface area (Å²) >= 11 is 0. The predicted octanol–water partition coefficient (Wildman–Crippen LogP) is 6.78. The van der Waals surface area contributed by atoms with Crippen LogP contribution < -0.4 is 5.32 Å². The number of carbonyl (C=O) groups excluding carboxylic acids is 1. The Labute approximate surface area is 205 Å². The number of halogens is 7. The van der Waals surface area contributed by atoms with Gasteiger partial charge in [-0.3, -0.25) is 4.79 Å². The first kappa shape index (κ1) is 27.7. The lowest BCUT2D eigenvalue weighted by Crippen LogP contribution is -2.32. The number of benzene rings is 2. The summed E-state index contributed by atoms with van der Waals surface area (Å²) in [4.78, 5) is 14.4. The van der Waals surface area contributed by atoms with Crippen molar-refractivity contribution in [1.29, 1.82) is 0 Å². The Morgan fingerprint density at radius 2 is 1.64 bits per heavy atom. The van der Waals surface area contributed by atoms with Crippen molar-refractivity contribution >= 4 is 5.91 Å². The quantitative estimate of drug-likeness (QED) is 0.339. The number of hydrogen-bond acceptors (Lipinski definition) is 2. The molecule has 10 heteroatoms. The van der Waals surface area contributed by atoms with Crippen LogP contribution in [-0.2, 0) is 17.1 Å². The molecular weight excluding hydrogens is 489 g/mol. The number of hydrogen-bond donors (Lipinski definition) is 1. The van der Waals surface area contributed by atoms with E-state index in [9.17, 15) is 35.5 Å². The molecule has 0 aromatic heterocycles. The lowest BCUT2D eigenvalue weighted by Gasteiger charge is -2.30. The van der Waals surface area contributed by atoms with Crippen molar-refractivity contribution in [2.24, 2.45) is 0 Å². The maximum atomic E-state index is 13.7. The van der Waals surface area contributed by atoms with Crippen molar-refractivity contribution in [3.63, 3.8) is 0 Å². The molecule has 0 aliphatic carbocycles. The number of carbonyl (C=O) groups is 1. The molecule has 1 heterocycles. The van der Waals surface area contributed by atoms with E-state index in [1.807, 2.05) is 6.08 Å². The zero-order valence-electron chi connectivity index (χ0n) is 20.0. The largest absolute Gasteiger partial charge is 0.416 e. The van der Waals surface area contributed by atoms with Crippen LogP contribution >= 0.6 is 0 Å². The van der Waals surface area contributed by atoms with Gasteiger partial charge < -0.3 is 10.2 Å². The molecule has 2 aromatic rings. The van der Waals surface area contributed by atoms with Crippen molar-refractivity contribution in [2.45, 2.75) is 51.0 Å². The number of rotatable bonds is 6. The van der Waals surface area contributed by atoms with Crippen LogP contribution in [0.3, 0.4) is 0 Å². The smallest absolute Gasteiger partial charge is 0.339 e. The minimum atomic E-state index is -4.98. The molecule has 0 radical (unpaired) electrons. The van der Waals surface area contributed by atoms with Gasteiger partial charge in [0, 0.05) is 25.9 Å². The van der Waals surface area contributed by atoms with E-state index in [0.29, 0.717) is 37.2 Å². The van der Waals surface area contributed by atoms with Crippen LogP contribution in [0.1, 0.15) is 59.5 Å². The van der Waals surface area contributed by atoms with E-state index in [2.05, 4.69) is 5.32 Å². The monoisotopic (exact) mass is 516 g/mol. The summed E-state index contributed by atoms with van der Waals surface area (Å²) in [6, 6.07) is 4.56. The van der Waals surface area contributed by atoms with E-state index in [4.69, 9.17) is 0 Å². The summed E-state index contributed by atoms with van der Waals surface area (Å²) in [5.74, 6) is -1.28. The Bertz CT molecular complexity index is 1110. The molecule has 0 saturated heterocycles. The summed E-state index contributed by atoms with van der Waals surface area (Å²) < 4.78 is 93.5. The summed E-state index contributed by atoms with van der Waals surface area (Å²) in [5, 5.41) is 3.18. The van der Waals surface area contributed by atoms with Gasteiger partial charge in [-0.15, -0.1) is 0 Å². The van der Waals surface area contributed by atoms with Crippen molar-refractivity contribution < 1.29 is 35.5 Å². The fourth-order valence-electron chi connectivity index (χ4n) is 4.41. The molecule has 1 aliphatic rings. The maximum Gasteiger partial charge on any atom is 0.416 e. The molecule has 0 bridgehead atoms. The lowest BCUT2D eigenvalue weighted by atomic mass is 9.82. The van der Waals surface area contributed by atoms with E-state index < -0.39 is 47.2 Å². The van der Waals surface area contributed by atoms with Gasteiger partial charge in [-0.25, -0.2) is 4.39 Å². The highest BCUT2D eigenvalue weighted by atomic mass is 19.4. The second-order valence-corrected chi connectivity index (χ2v) is 9.01. The van der Waals surface area contributed by atoms with Crippen LogP contribution in [0.25, 0.3) is 0 Å². The number of aryl methyl sites for hydroxylation is 1. The van der Waals surface area contributed by atoms with Gasteiger partial charge in [-0.2, -0.15) is 26.3 Å². The Morgan fingerprint density at radius 3 is 2.14 bits per heavy atom. The molecule has 3 rings (SSSR count). The normalized spacial score (nSPS) is 16.3. The van der Waals surface area contributed by atoms with E-state index >= 15 is 0 Å². The average molecular weight is 517 g/mol. The average Bonchev–Trinajstić information content (AvgIpc) is 2.81. The van der Waals surface area contributed by atoms with Gasteiger partial charge in [-0.05, 0) is 73.8 Å². The first-order valence-corrected chi connectivity index (χ1v) is 11.4. The molecule has 0 saturated carbocycles. The van der Waals surface area contributed by atoms with Crippen LogP contribution in [0.15, 0.2) is 48.0 Å². The molecular formula is C26H27F7N2O. The molecule has 2 unspecified atom stereocenters. The molecule has 1 aliphatic heterocycles. The fourth-order valence-corrected chi connectivity index (χ4v) is 4.41. The van der Waals surface area contributed by atoms with Gasteiger partial charge in [-0.1, -0.05) is 17.7 Å². The first-order valence-electron chi connectivity index (χ1n) is 11.4. The van der Waals surface area contributed by atoms with Gasteiger partial charge in [0.2, 0.25) is 5.91 Å². The SMILES string of the molecule is Cc1cc(F)ccc1C(CC(=O)N(C)C(C)c1cc(C(F)(F)F)cc(C(F)(F)F)c1)C1=CCNCC1. The zero-order chi connectivity index (χ0) is 26.8. The molecule has 1 N–H and O–H groups in total. The van der Waals surface area contributed by atoms with E-state index in [-0.39, 0.29) is 18.1 Å². The first-order chi connectivity index (χ1) is 16.7. The standard InChI is InChI=1S/C26H27F7N2O/c1-15-10-21(27)4-5-22(15)23(17-6-8-34-9-7-17)14-24(36)35(3)16(2)18-11-19(25(28,29)30)13-20(12-18)26(31,32)33/h4-6,10-13,16,23,34H,7-9,14H2,1-3H3. The highest BCUT2D eigenvalue weighted by Crippen LogP contribution is 2.39. The van der Waals surface area contributed by atoms with Crippen molar-refractivity contribution in [3.8, 4) is 0 Å². The predicted molar refractivity (Wildman–Crippen MR) is 122 cm³/mol. The fraction of sp³-hybridized carbons (Fsp3) is 0.423. The molecule has 2 aromatic carbocycles. The molecule has 3 nitrogen and oxygen atoms in total. The minimum absolute atomic E-state index is 0.0645. The number of alkyl halides is 6. The summed E-state index contributed by atoms with van der Waals surface area (Å²) in [6.45, 7) is 4.39. The van der Waals surface area contributed by atoms with Gasteiger partial charge in [0.15, 0.2) is 0 Å². The summed E-state index contributed by atoms with van der Waals surface area (Å²) in [7, 11) is 1.35. The highest BCUT2D eigenvalue weighted by Gasteiger charge is 2.38. The highest BCUT2D eigenvalue weighted by molar-refractivity contribution is 5.78. The molecule has 36 heavy (non-hydrogen) atoms. The molecule has 0 spiro atoms. The van der Waals surface area contributed by atoms with Gasteiger partial charge >= 0.3 is 12.4 Å². The summed E-state index contributed by atoms with van der Waals surface area (Å²) in [5.41, 5.74) is -0.771. The lowest BCUT2D eigenvalue weighted by molar-refractivity contribution is -0.143. The Morgan fingerprint density at radius 1 is 1.03 bits per heavy atom. The molecule has 196 valence electrons. The Balaban J connectivity index is 1.93. The van der Waals surface area contributed by atoms with Crippen molar-refractivity contribution in [3.05, 3.63) is 81.7 Å². The maximum absolute atomic E-state index is 13.7. The summed E-state index contributed by atoms with van der Waals surface area (Å²) in [6.07, 6.45) is -7.42. The van der Waals surface area contributed by atoms with Crippen LogP contribution in [-0.4, -0.2) is 30.9 Å². The second-order valence-electron chi connectivity index (χ2n) is 9.01. The second kappa shape index (κ2) is 10.6. The zero-order valence-corrected chi connectivity index (χ0v) is 20.0. The topological polar surface area (TPSA) is 32.3 Å². The van der Waals surface area contributed by atoms with Crippen LogP contribution in [0, 0.1) is 12.7 Å². The molecule has 1 amide bonds. The van der Waals surface area contributed by atoms with E-state index in [0.717, 1.165) is 16.0 Å². The number of nitrogens with one attached hydrogen (secondary N) is 1. The van der Waals surface area contributed by atoms with Crippen molar-refractivity contribution in [2.75, 3.05) is 20.1 Å². The van der Waals surface area contributed by atoms with Crippen molar-refractivity contribution in [1.82, 2.24) is 10.2 Å². The van der Waals surface area contributed by atoms with Gasteiger partial charge in [0.25, 0.3) is 0 Å². The van der Waals surface area contributed by atoms with E-state index in [1.54, 1.807) is 13.0 Å². The van der Waals surface area contributed by atoms with Crippen LogP contribution in [0.4, 0.5) is 30.7 Å². The Hall–Kier alpha value is -2.88. The van der Waals surface area contributed by atoms with E-state index in [1.165, 1.54) is 26.1 Å². The Kier molecular flexibility index (Phi) is 8.17. The van der Waals surface area contributed by atoms with Crippen LogP contribution in [0.5, 0.6) is 0 Å². The third-order valence-corrected chi connectivity index (χ3v) is 6.60. The van der Waals surface area contributed by atoms with Gasteiger partial charge in [0.05, 0.1) is 17.2 Å². The third-order valence-electron chi connectivity index (χ3n) is 6.60. The minimum Gasteiger partial charge on any atom is -0.339 e. The van der Waals surface area contributed by atoms with Crippen LogP contribution in [0.2, 0.25) is 0 Å². The molecule has 0 fully saturated rings. The number of amides is 1. The number of nitrogens with zero attached hydrogens (tertiary/aromatic N) is 1. The molecule has 2 atom stereocenters. The third kappa shape index (κ3) is 6.46.